The zero-order chi connectivity index (χ0) is 20.7. The predicted molar refractivity (Wildman–Crippen MR) is 108 cm³/mol. The summed E-state index contributed by atoms with van der Waals surface area (Å²) < 4.78 is 4.72. The second-order valence-electron chi connectivity index (χ2n) is 6.69. The average molecular weight is 384 g/mol. The van der Waals surface area contributed by atoms with Crippen LogP contribution < -0.4 is 15.5 Å². The Labute approximate surface area is 164 Å². The molecule has 3 N–H and O–H groups in total. The second-order valence-corrected chi connectivity index (χ2v) is 6.69. The van der Waals surface area contributed by atoms with Crippen molar-refractivity contribution in [3.63, 3.8) is 0 Å². The Balaban J connectivity index is 1.91. The molecule has 2 rings (SSSR count). The summed E-state index contributed by atoms with van der Waals surface area (Å²) in [6, 6.07) is 12.3. The minimum atomic E-state index is -0.524. The molecule has 0 heterocycles. The Morgan fingerprint density at radius 1 is 0.893 bits per heavy atom. The molecule has 0 fully saturated rings. The number of likely N-dealkylation sites (N-methyl/N-ethyl adjacent to an activating group) is 1. The van der Waals surface area contributed by atoms with E-state index in [-0.39, 0.29) is 30.5 Å². The van der Waals surface area contributed by atoms with Crippen LogP contribution in [-0.4, -0.2) is 45.0 Å². The standard InChI is InChI=1S/C21H25N3O4/c1-14-8-7-11-17(15(14)2)22-19(25)12-24(3)13-20(26)23-18-10-6-5-9-16(18)21(27)28-4/h5-11H,12-13H2,1-4H3,(H,22,25)(H,23,26)/p+1. The smallest absolute Gasteiger partial charge is 0.339 e. The predicted octanol–water partition coefficient (Wildman–Crippen LogP) is 1.18. The van der Waals surface area contributed by atoms with Crippen LogP contribution in [0.25, 0.3) is 0 Å². The van der Waals surface area contributed by atoms with Crippen molar-refractivity contribution < 1.29 is 24.0 Å². The number of rotatable bonds is 7. The van der Waals surface area contributed by atoms with E-state index in [1.807, 2.05) is 32.0 Å². The Hall–Kier alpha value is -3.19. The molecular weight excluding hydrogens is 358 g/mol. The van der Waals surface area contributed by atoms with Crippen LogP contribution in [0.1, 0.15) is 21.5 Å². The molecule has 7 heteroatoms. The highest BCUT2D eigenvalue weighted by Gasteiger charge is 2.18. The molecule has 148 valence electrons. The van der Waals surface area contributed by atoms with Crippen molar-refractivity contribution in [3.05, 3.63) is 59.2 Å². The van der Waals surface area contributed by atoms with Gasteiger partial charge in [-0.3, -0.25) is 9.59 Å². The quantitative estimate of drug-likeness (QED) is 0.626. The molecule has 0 saturated heterocycles. The number of esters is 1. The van der Waals surface area contributed by atoms with Gasteiger partial charge in [0.2, 0.25) is 0 Å². The zero-order valence-electron chi connectivity index (χ0n) is 16.6. The first-order chi connectivity index (χ1) is 13.3. The summed E-state index contributed by atoms with van der Waals surface area (Å²) in [5, 5.41) is 5.59. The van der Waals surface area contributed by atoms with E-state index in [0.717, 1.165) is 21.7 Å². The molecule has 7 nitrogen and oxygen atoms in total. The number of benzene rings is 2. The van der Waals surface area contributed by atoms with Crippen LogP contribution in [0.5, 0.6) is 0 Å². The van der Waals surface area contributed by atoms with Crippen molar-refractivity contribution in [2.45, 2.75) is 13.8 Å². The first-order valence-corrected chi connectivity index (χ1v) is 8.96. The zero-order valence-corrected chi connectivity index (χ0v) is 16.6. The van der Waals surface area contributed by atoms with Crippen LogP contribution in [-0.2, 0) is 14.3 Å². The minimum absolute atomic E-state index is 0.0791. The number of methoxy groups -OCH3 is 1. The number of hydrogen-bond donors (Lipinski definition) is 3. The van der Waals surface area contributed by atoms with Crippen LogP contribution in [0.3, 0.4) is 0 Å². The summed E-state index contributed by atoms with van der Waals surface area (Å²) >= 11 is 0. The van der Waals surface area contributed by atoms with Crippen LogP contribution in [0.15, 0.2) is 42.5 Å². The molecule has 0 aliphatic heterocycles. The summed E-state index contributed by atoms with van der Waals surface area (Å²) in [6.07, 6.45) is 0. The van der Waals surface area contributed by atoms with Crippen molar-refractivity contribution in [2.75, 3.05) is 37.9 Å². The molecule has 2 amide bonds. The molecule has 0 spiro atoms. The number of nitrogens with one attached hydrogen (secondary N) is 3. The van der Waals surface area contributed by atoms with E-state index >= 15 is 0 Å². The van der Waals surface area contributed by atoms with E-state index < -0.39 is 5.97 Å². The van der Waals surface area contributed by atoms with Crippen LogP contribution in [0.4, 0.5) is 11.4 Å². The molecular formula is C21H26N3O4+. The third-order valence-electron chi connectivity index (χ3n) is 4.41. The number of para-hydroxylation sites is 1. The van der Waals surface area contributed by atoms with Gasteiger partial charge in [0, 0.05) is 5.69 Å². The lowest BCUT2D eigenvalue weighted by molar-refractivity contribution is -0.862. The van der Waals surface area contributed by atoms with Gasteiger partial charge in [-0.05, 0) is 43.2 Å². The average Bonchev–Trinajstić information content (AvgIpc) is 2.65. The molecule has 28 heavy (non-hydrogen) atoms. The Morgan fingerprint density at radius 2 is 1.46 bits per heavy atom. The molecule has 2 aromatic carbocycles. The van der Waals surface area contributed by atoms with Crippen molar-refractivity contribution in [1.29, 1.82) is 0 Å². The maximum absolute atomic E-state index is 12.3. The number of ether oxygens (including phenoxy) is 1. The molecule has 0 aliphatic rings. The van der Waals surface area contributed by atoms with Crippen LogP contribution in [0.2, 0.25) is 0 Å². The van der Waals surface area contributed by atoms with E-state index in [0.29, 0.717) is 5.69 Å². The highest BCUT2D eigenvalue weighted by molar-refractivity contribution is 6.01. The van der Waals surface area contributed by atoms with E-state index in [2.05, 4.69) is 10.6 Å². The van der Waals surface area contributed by atoms with Crippen molar-refractivity contribution in [2.24, 2.45) is 0 Å². The van der Waals surface area contributed by atoms with Crippen molar-refractivity contribution in [1.82, 2.24) is 0 Å². The van der Waals surface area contributed by atoms with Crippen LogP contribution >= 0.6 is 0 Å². The summed E-state index contributed by atoms with van der Waals surface area (Å²) in [4.78, 5) is 37.1. The van der Waals surface area contributed by atoms with Gasteiger partial charge in [0.1, 0.15) is 0 Å². The van der Waals surface area contributed by atoms with Crippen molar-refractivity contribution in [3.8, 4) is 0 Å². The Bertz CT molecular complexity index is 880. The molecule has 2 aromatic rings. The number of carbonyl (C=O) groups excluding carboxylic acids is 3. The molecule has 0 aromatic heterocycles. The third-order valence-corrected chi connectivity index (χ3v) is 4.41. The fourth-order valence-electron chi connectivity index (χ4n) is 2.77. The summed E-state index contributed by atoms with van der Waals surface area (Å²) in [5.74, 6) is -0.994. The van der Waals surface area contributed by atoms with Gasteiger partial charge < -0.3 is 20.3 Å². The van der Waals surface area contributed by atoms with Gasteiger partial charge in [0.25, 0.3) is 11.8 Å². The topological polar surface area (TPSA) is 88.9 Å². The molecule has 0 radical (unpaired) electrons. The van der Waals surface area contributed by atoms with E-state index in [9.17, 15) is 14.4 Å². The van der Waals surface area contributed by atoms with Crippen LogP contribution in [0, 0.1) is 13.8 Å². The molecule has 0 saturated carbocycles. The monoisotopic (exact) mass is 384 g/mol. The fraction of sp³-hybridized carbons (Fsp3) is 0.286. The number of anilines is 2. The Morgan fingerprint density at radius 3 is 2.11 bits per heavy atom. The molecule has 1 atom stereocenters. The lowest BCUT2D eigenvalue weighted by Gasteiger charge is -2.15. The summed E-state index contributed by atoms with van der Waals surface area (Å²) in [5.41, 5.74) is 3.55. The van der Waals surface area contributed by atoms with Gasteiger partial charge >= 0.3 is 5.97 Å². The first kappa shape index (κ1) is 21.1. The SMILES string of the molecule is COC(=O)c1ccccc1NC(=O)C[NH+](C)CC(=O)Nc1cccc(C)c1C. The number of carbonyl (C=O) groups is 3. The number of quaternary nitrogens is 1. The van der Waals surface area contributed by atoms with E-state index in [1.54, 1.807) is 31.3 Å². The Kier molecular flexibility index (Phi) is 7.28. The van der Waals surface area contributed by atoms with Gasteiger partial charge in [-0.1, -0.05) is 24.3 Å². The van der Waals surface area contributed by atoms with Gasteiger partial charge in [-0.15, -0.1) is 0 Å². The van der Waals surface area contributed by atoms with Gasteiger partial charge in [0.05, 0.1) is 25.4 Å². The summed E-state index contributed by atoms with van der Waals surface area (Å²) in [7, 11) is 3.04. The molecule has 0 bridgehead atoms. The number of hydrogen-bond acceptors (Lipinski definition) is 4. The lowest BCUT2D eigenvalue weighted by Crippen LogP contribution is -3.11. The van der Waals surface area contributed by atoms with Gasteiger partial charge in [-0.2, -0.15) is 0 Å². The lowest BCUT2D eigenvalue weighted by atomic mass is 10.1. The maximum atomic E-state index is 12.3. The third kappa shape index (κ3) is 5.65. The largest absolute Gasteiger partial charge is 0.465 e. The fourth-order valence-corrected chi connectivity index (χ4v) is 2.77. The van der Waals surface area contributed by atoms with Crippen molar-refractivity contribution >= 4 is 29.2 Å². The van der Waals surface area contributed by atoms with Gasteiger partial charge in [-0.25, -0.2) is 4.79 Å². The first-order valence-electron chi connectivity index (χ1n) is 8.96. The van der Waals surface area contributed by atoms with Gasteiger partial charge in [0.15, 0.2) is 13.1 Å². The molecule has 1 unspecified atom stereocenters. The summed E-state index contributed by atoms with van der Waals surface area (Å²) in [6.45, 7) is 4.15. The number of amides is 2. The molecule has 0 aliphatic carbocycles. The minimum Gasteiger partial charge on any atom is -0.465 e. The maximum Gasteiger partial charge on any atom is 0.339 e. The number of aryl methyl sites for hydroxylation is 1. The van der Waals surface area contributed by atoms with E-state index in [4.69, 9.17) is 4.74 Å². The highest BCUT2D eigenvalue weighted by Crippen LogP contribution is 2.17. The normalized spacial score (nSPS) is 11.4. The highest BCUT2D eigenvalue weighted by atomic mass is 16.5. The second kappa shape index (κ2) is 9.66. The van der Waals surface area contributed by atoms with E-state index in [1.165, 1.54) is 7.11 Å².